The molecule has 1 aromatic carbocycles. The van der Waals surface area contributed by atoms with Crippen LogP contribution in [-0.2, 0) is 22.4 Å². The van der Waals surface area contributed by atoms with E-state index < -0.39 is 10.0 Å². The van der Waals surface area contributed by atoms with Gasteiger partial charge in [0.15, 0.2) is 0 Å². The van der Waals surface area contributed by atoms with Crippen LogP contribution in [-0.4, -0.2) is 45.6 Å². The molecule has 1 rings (SSSR count). The zero-order chi connectivity index (χ0) is 15.0. The van der Waals surface area contributed by atoms with Crippen LogP contribution in [0.4, 0.5) is 0 Å². The van der Waals surface area contributed by atoms with Crippen LogP contribution in [0.5, 0.6) is 0 Å². The molecule has 0 atom stereocenters. The molecular formula is C14H24N2O3S. The third-order valence-corrected chi connectivity index (χ3v) is 4.27. The Labute approximate surface area is 121 Å². The van der Waals surface area contributed by atoms with Gasteiger partial charge in [-0.2, -0.15) is 0 Å². The Hall–Kier alpha value is -0.950. The van der Waals surface area contributed by atoms with Crippen molar-refractivity contribution >= 4 is 10.0 Å². The van der Waals surface area contributed by atoms with Crippen molar-refractivity contribution in [3.05, 3.63) is 35.4 Å². The molecule has 0 bridgehead atoms. The van der Waals surface area contributed by atoms with Crippen molar-refractivity contribution < 1.29 is 13.5 Å². The van der Waals surface area contributed by atoms with Crippen LogP contribution in [0.3, 0.4) is 0 Å². The van der Waals surface area contributed by atoms with Gasteiger partial charge in [-0.25, -0.2) is 13.1 Å². The van der Waals surface area contributed by atoms with Gasteiger partial charge in [-0.1, -0.05) is 24.3 Å². The fourth-order valence-electron chi connectivity index (χ4n) is 1.79. The summed E-state index contributed by atoms with van der Waals surface area (Å²) in [5, 5.41) is 8.93. The van der Waals surface area contributed by atoms with Crippen LogP contribution < -0.4 is 4.72 Å². The minimum atomic E-state index is -3.28. The molecular weight excluding hydrogens is 276 g/mol. The van der Waals surface area contributed by atoms with Crippen LogP contribution in [0.15, 0.2) is 24.3 Å². The number of nitrogens with one attached hydrogen (secondary N) is 1. The molecule has 1 aromatic rings. The second-order valence-corrected chi connectivity index (χ2v) is 6.95. The van der Waals surface area contributed by atoms with E-state index in [2.05, 4.69) is 9.62 Å². The summed E-state index contributed by atoms with van der Waals surface area (Å²) in [6.45, 7) is 1.41. The number of hydrogen-bond donors (Lipinski definition) is 2. The summed E-state index contributed by atoms with van der Waals surface area (Å²) < 4.78 is 26.4. The lowest BCUT2D eigenvalue weighted by Crippen LogP contribution is -2.26. The van der Waals surface area contributed by atoms with Crippen molar-refractivity contribution in [3.8, 4) is 0 Å². The van der Waals surface area contributed by atoms with Crippen LogP contribution in [0, 0.1) is 0 Å². The first kappa shape index (κ1) is 17.1. The normalized spacial score (nSPS) is 12.0. The number of aliphatic hydroxyl groups is 1. The van der Waals surface area contributed by atoms with E-state index in [-0.39, 0.29) is 12.4 Å². The minimum Gasteiger partial charge on any atom is -0.392 e. The van der Waals surface area contributed by atoms with E-state index in [1.807, 2.05) is 14.1 Å². The third-order valence-electron chi connectivity index (χ3n) is 2.92. The van der Waals surface area contributed by atoms with Crippen molar-refractivity contribution in [3.63, 3.8) is 0 Å². The fourth-order valence-corrected chi connectivity index (χ4v) is 2.98. The van der Waals surface area contributed by atoms with Crippen LogP contribution >= 0.6 is 0 Å². The maximum absolute atomic E-state index is 11.9. The number of rotatable bonds is 9. The Balaban J connectivity index is 2.36. The van der Waals surface area contributed by atoms with E-state index in [4.69, 9.17) is 5.11 Å². The number of benzene rings is 1. The Morgan fingerprint density at radius 1 is 1.10 bits per heavy atom. The number of sulfonamides is 1. The first-order chi connectivity index (χ1) is 9.43. The number of nitrogens with zero attached hydrogens (tertiary/aromatic N) is 1. The minimum absolute atomic E-state index is 0.0214. The summed E-state index contributed by atoms with van der Waals surface area (Å²) in [5.41, 5.74) is 1.51. The lowest BCUT2D eigenvalue weighted by atomic mass is 10.2. The van der Waals surface area contributed by atoms with Crippen molar-refractivity contribution in [1.82, 2.24) is 9.62 Å². The predicted molar refractivity (Wildman–Crippen MR) is 80.8 cm³/mol. The lowest BCUT2D eigenvalue weighted by molar-refractivity contribution is 0.282. The largest absolute Gasteiger partial charge is 0.392 e. The fraction of sp³-hybridized carbons (Fsp3) is 0.571. The molecule has 0 saturated heterocycles. The van der Waals surface area contributed by atoms with Crippen molar-refractivity contribution in [1.29, 1.82) is 0 Å². The topological polar surface area (TPSA) is 69.6 Å². The average molecular weight is 300 g/mol. The monoisotopic (exact) mass is 300 g/mol. The van der Waals surface area contributed by atoms with Gasteiger partial charge in [0.2, 0.25) is 10.0 Å². The highest BCUT2D eigenvalue weighted by molar-refractivity contribution is 7.88. The van der Waals surface area contributed by atoms with E-state index in [0.29, 0.717) is 6.54 Å². The zero-order valence-electron chi connectivity index (χ0n) is 12.2. The van der Waals surface area contributed by atoms with Gasteiger partial charge in [0, 0.05) is 6.54 Å². The molecule has 0 amide bonds. The molecule has 2 N–H and O–H groups in total. The van der Waals surface area contributed by atoms with Gasteiger partial charge in [0.25, 0.3) is 0 Å². The zero-order valence-corrected chi connectivity index (χ0v) is 13.0. The number of hydrogen-bond acceptors (Lipinski definition) is 4. The van der Waals surface area contributed by atoms with Crippen molar-refractivity contribution in [2.45, 2.75) is 25.2 Å². The smallest absolute Gasteiger partial charge is 0.215 e. The molecule has 5 nitrogen and oxygen atoms in total. The van der Waals surface area contributed by atoms with Gasteiger partial charge >= 0.3 is 0 Å². The summed E-state index contributed by atoms with van der Waals surface area (Å²) in [6.07, 6.45) is 1.81. The van der Waals surface area contributed by atoms with Gasteiger partial charge in [-0.15, -0.1) is 0 Å². The standard InChI is InChI=1S/C14H24N2O3S/c1-16(2)10-4-3-9-15-20(18,19)12-14-7-5-13(11-17)6-8-14/h5-8,15,17H,3-4,9-12H2,1-2H3. The molecule has 20 heavy (non-hydrogen) atoms. The highest BCUT2D eigenvalue weighted by Crippen LogP contribution is 2.08. The Morgan fingerprint density at radius 3 is 2.25 bits per heavy atom. The molecule has 0 aliphatic heterocycles. The maximum Gasteiger partial charge on any atom is 0.215 e. The van der Waals surface area contributed by atoms with E-state index in [9.17, 15) is 8.42 Å². The predicted octanol–water partition coefficient (Wildman–Crippen LogP) is 0.940. The molecule has 114 valence electrons. The SMILES string of the molecule is CN(C)CCCCNS(=O)(=O)Cc1ccc(CO)cc1. The highest BCUT2D eigenvalue weighted by atomic mass is 32.2. The van der Waals surface area contributed by atoms with Crippen LogP contribution in [0.25, 0.3) is 0 Å². The molecule has 0 saturated carbocycles. The van der Waals surface area contributed by atoms with Crippen molar-refractivity contribution in [2.24, 2.45) is 0 Å². The molecule has 0 spiro atoms. The first-order valence-corrected chi connectivity index (χ1v) is 8.39. The first-order valence-electron chi connectivity index (χ1n) is 6.74. The maximum atomic E-state index is 11.9. The lowest BCUT2D eigenvalue weighted by Gasteiger charge is -2.10. The molecule has 0 fully saturated rings. The molecule has 0 radical (unpaired) electrons. The van der Waals surface area contributed by atoms with Gasteiger partial charge in [0.05, 0.1) is 12.4 Å². The van der Waals surface area contributed by atoms with Crippen LogP contribution in [0.2, 0.25) is 0 Å². The number of aliphatic hydroxyl groups excluding tert-OH is 1. The summed E-state index contributed by atoms with van der Waals surface area (Å²) in [6, 6.07) is 6.94. The quantitative estimate of drug-likeness (QED) is 0.666. The molecule has 0 heterocycles. The third kappa shape index (κ3) is 7.00. The molecule has 0 aliphatic carbocycles. The van der Waals surface area contributed by atoms with Gasteiger partial charge in [0.1, 0.15) is 0 Å². The van der Waals surface area contributed by atoms with Crippen molar-refractivity contribution in [2.75, 3.05) is 27.2 Å². The van der Waals surface area contributed by atoms with Gasteiger partial charge in [-0.3, -0.25) is 0 Å². The van der Waals surface area contributed by atoms with Crippen LogP contribution in [0.1, 0.15) is 24.0 Å². The van der Waals surface area contributed by atoms with Gasteiger partial charge in [-0.05, 0) is 44.6 Å². The van der Waals surface area contributed by atoms with Gasteiger partial charge < -0.3 is 10.0 Å². The second kappa shape index (κ2) is 8.36. The average Bonchev–Trinajstić information content (AvgIpc) is 2.38. The highest BCUT2D eigenvalue weighted by Gasteiger charge is 2.10. The summed E-state index contributed by atoms with van der Waals surface area (Å²) in [7, 11) is 0.719. The Kier molecular flexibility index (Phi) is 7.15. The Bertz CT molecular complexity index is 484. The number of unbranched alkanes of at least 4 members (excludes halogenated alkanes) is 1. The summed E-state index contributed by atoms with van der Waals surface area (Å²) in [5.74, 6) is -0.0214. The summed E-state index contributed by atoms with van der Waals surface area (Å²) >= 11 is 0. The van der Waals surface area contributed by atoms with E-state index in [1.165, 1.54) is 0 Å². The second-order valence-electron chi connectivity index (χ2n) is 5.14. The van der Waals surface area contributed by atoms with E-state index >= 15 is 0 Å². The molecule has 6 heteroatoms. The molecule has 0 unspecified atom stereocenters. The summed E-state index contributed by atoms with van der Waals surface area (Å²) in [4.78, 5) is 2.08. The molecule has 0 aromatic heterocycles. The van der Waals surface area contributed by atoms with E-state index in [1.54, 1.807) is 24.3 Å². The Morgan fingerprint density at radius 2 is 1.70 bits per heavy atom. The molecule has 0 aliphatic rings. The van der Waals surface area contributed by atoms with E-state index in [0.717, 1.165) is 30.5 Å².